The first-order valence-corrected chi connectivity index (χ1v) is 4.69. The van der Waals surface area contributed by atoms with Crippen molar-refractivity contribution in [3.05, 3.63) is 18.2 Å². The second-order valence-corrected chi connectivity index (χ2v) is 3.32. The Hall–Kier alpha value is -1.36. The fourth-order valence-corrected chi connectivity index (χ4v) is 1.12. The fourth-order valence-electron chi connectivity index (χ4n) is 1.12. The van der Waals surface area contributed by atoms with Crippen molar-refractivity contribution in [3.63, 3.8) is 0 Å². The fraction of sp³-hybridized carbons (Fsp3) is 0.556. The van der Waals surface area contributed by atoms with Gasteiger partial charge in [-0.3, -0.25) is 4.79 Å². The van der Waals surface area contributed by atoms with E-state index in [1.165, 1.54) is 0 Å². The molecule has 0 spiro atoms. The van der Waals surface area contributed by atoms with E-state index in [2.05, 4.69) is 15.3 Å². The van der Waals surface area contributed by atoms with Gasteiger partial charge in [-0.05, 0) is 6.92 Å². The number of hydrogen-bond donors (Lipinski definition) is 3. The van der Waals surface area contributed by atoms with Crippen LogP contribution in [0.2, 0.25) is 0 Å². The van der Waals surface area contributed by atoms with E-state index in [1.807, 2.05) is 6.92 Å². The summed E-state index contributed by atoms with van der Waals surface area (Å²) < 4.78 is 0. The summed E-state index contributed by atoms with van der Waals surface area (Å²) in [7, 11) is 0. The number of rotatable bonds is 5. The van der Waals surface area contributed by atoms with Crippen molar-refractivity contribution in [1.82, 2.24) is 15.3 Å². The first-order chi connectivity index (χ1) is 6.68. The number of nitrogens with zero attached hydrogens (tertiary/aromatic N) is 1. The Morgan fingerprint density at radius 1 is 1.79 bits per heavy atom. The molecular weight excluding hydrogens is 180 g/mol. The van der Waals surface area contributed by atoms with Crippen LogP contribution >= 0.6 is 0 Å². The van der Waals surface area contributed by atoms with Gasteiger partial charge < -0.3 is 16.0 Å². The van der Waals surface area contributed by atoms with Crippen LogP contribution < -0.4 is 11.1 Å². The van der Waals surface area contributed by atoms with Gasteiger partial charge >= 0.3 is 0 Å². The van der Waals surface area contributed by atoms with Crippen molar-refractivity contribution in [3.8, 4) is 0 Å². The summed E-state index contributed by atoms with van der Waals surface area (Å²) in [5.41, 5.74) is 5.48. The summed E-state index contributed by atoms with van der Waals surface area (Å²) >= 11 is 0. The third-order valence-electron chi connectivity index (χ3n) is 1.75. The molecule has 1 atom stereocenters. The zero-order chi connectivity index (χ0) is 10.4. The molecule has 1 unspecified atom stereocenters. The van der Waals surface area contributed by atoms with Crippen LogP contribution in [0.3, 0.4) is 0 Å². The predicted octanol–water partition coefficient (Wildman–Crippen LogP) is -0.194. The van der Waals surface area contributed by atoms with Crippen molar-refractivity contribution < 1.29 is 4.79 Å². The molecule has 4 N–H and O–H groups in total. The average molecular weight is 196 g/mol. The highest BCUT2D eigenvalue weighted by Gasteiger charge is 2.03. The number of imidazole rings is 1. The lowest BCUT2D eigenvalue weighted by molar-refractivity contribution is -0.121. The number of aromatic amines is 1. The highest BCUT2D eigenvalue weighted by atomic mass is 16.1. The maximum atomic E-state index is 11.2. The predicted molar refractivity (Wildman–Crippen MR) is 53.6 cm³/mol. The van der Waals surface area contributed by atoms with Gasteiger partial charge in [0.1, 0.15) is 5.82 Å². The molecule has 5 heteroatoms. The molecule has 78 valence electrons. The van der Waals surface area contributed by atoms with Gasteiger partial charge in [-0.15, -0.1) is 0 Å². The number of hydrogen-bond acceptors (Lipinski definition) is 3. The maximum Gasteiger partial charge on any atom is 0.221 e. The van der Waals surface area contributed by atoms with Gasteiger partial charge in [-0.2, -0.15) is 0 Å². The summed E-state index contributed by atoms with van der Waals surface area (Å²) in [6, 6.07) is -0.0846. The van der Waals surface area contributed by atoms with E-state index in [9.17, 15) is 4.79 Å². The van der Waals surface area contributed by atoms with E-state index < -0.39 is 0 Å². The molecule has 0 aliphatic heterocycles. The average Bonchev–Trinajstić information content (AvgIpc) is 2.55. The minimum Gasteiger partial charge on any atom is -0.356 e. The smallest absolute Gasteiger partial charge is 0.221 e. The largest absolute Gasteiger partial charge is 0.356 e. The topological polar surface area (TPSA) is 83.8 Å². The molecule has 1 amide bonds. The van der Waals surface area contributed by atoms with Gasteiger partial charge in [0.25, 0.3) is 0 Å². The molecule has 1 aromatic heterocycles. The molecule has 0 bridgehead atoms. The molecule has 0 aliphatic carbocycles. The van der Waals surface area contributed by atoms with E-state index in [0.717, 1.165) is 12.2 Å². The highest BCUT2D eigenvalue weighted by molar-refractivity contribution is 5.76. The van der Waals surface area contributed by atoms with E-state index in [-0.39, 0.29) is 11.9 Å². The van der Waals surface area contributed by atoms with Gasteiger partial charge in [-0.25, -0.2) is 4.98 Å². The lowest BCUT2D eigenvalue weighted by atomic mass is 10.2. The van der Waals surface area contributed by atoms with Crippen LogP contribution in [0, 0.1) is 0 Å². The Bertz CT molecular complexity index is 268. The third-order valence-corrected chi connectivity index (χ3v) is 1.75. The molecule has 0 saturated carbocycles. The zero-order valence-corrected chi connectivity index (χ0v) is 8.29. The van der Waals surface area contributed by atoms with Crippen molar-refractivity contribution in [2.75, 3.05) is 6.54 Å². The van der Waals surface area contributed by atoms with E-state index in [4.69, 9.17) is 5.73 Å². The minimum atomic E-state index is -0.0846. The third kappa shape index (κ3) is 4.04. The standard InChI is InChI=1S/C9H16N4O/c1-7(10)6-9(14)13-3-2-8-11-4-5-12-8/h4-5,7H,2-3,6,10H2,1H3,(H,11,12)(H,13,14). The zero-order valence-electron chi connectivity index (χ0n) is 8.29. The van der Waals surface area contributed by atoms with Crippen molar-refractivity contribution in [2.45, 2.75) is 25.8 Å². The van der Waals surface area contributed by atoms with Crippen LogP contribution in [0.25, 0.3) is 0 Å². The van der Waals surface area contributed by atoms with Crippen molar-refractivity contribution >= 4 is 5.91 Å². The molecule has 1 rings (SSSR count). The summed E-state index contributed by atoms with van der Waals surface area (Å²) in [4.78, 5) is 18.2. The number of aromatic nitrogens is 2. The Morgan fingerprint density at radius 2 is 2.57 bits per heavy atom. The molecule has 0 fully saturated rings. The molecule has 0 aliphatic rings. The SMILES string of the molecule is CC(N)CC(=O)NCCc1ncc[nH]1. The van der Waals surface area contributed by atoms with Gasteiger partial charge in [0, 0.05) is 37.8 Å². The first-order valence-electron chi connectivity index (χ1n) is 4.69. The van der Waals surface area contributed by atoms with Crippen LogP contribution in [-0.4, -0.2) is 28.5 Å². The number of carbonyl (C=O) groups excluding carboxylic acids is 1. The molecule has 5 nitrogen and oxygen atoms in total. The van der Waals surface area contributed by atoms with Gasteiger partial charge in [-0.1, -0.05) is 0 Å². The number of H-pyrrole nitrogens is 1. The van der Waals surface area contributed by atoms with E-state index in [1.54, 1.807) is 12.4 Å². The minimum absolute atomic E-state index is 0.00782. The van der Waals surface area contributed by atoms with Gasteiger partial charge in [0.15, 0.2) is 0 Å². The van der Waals surface area contributed by atoms with E-state index in [0.29, 0.717) is 13.0 Å². The van der Waals surface area contributed by atoms with Gasteiger partial charge in [0.2, 0.25) is 5.91 Å². The highest BCUT2D eigenvalue weighted by Crippen LogP contribution is 1.89. The second-order valence-electron chi connectivity index (χ2n) is 3.32. The van der Waals surface area contributed by atoms with Gasteiger partial charge in [0.05, 0.1) is 0 Å². The van der Waals surface area contributed by atoms with Crippen LogP contribution in [0.15, 0.2) is 12.4 Å². The second kappa shape index (κ2) is 5.39. The Balaban J connectivity index is 2.12. The van der Waals surface area contributed by atoms with Crippen LogP contribution in [-0.2, 0) is 11.2 Å². The number of amides is 1. The molecule has 14 heavy (non-hydrogen) atoms. The Labute approximate surface area is 83.1 Å². The summed E-state index contributed by atoms with van der Waals surface area (Å²) in [5, 5.41) is 2.77. The number of nitrogens with two attached hydrogens (primary N) is 1. The maximum absolute atomic E-state index is 11.2. The number of carbonyl (C=O) groups is 1. The summed E-state index contributed by atoms with van der Waals surface area (Å²) in [6.45, 7) is 2.41. The molecule has 1 aromatic rings. The summed E-state index contributed by atoms with van der Waals surface area (Å²) in [6.07, 6.45) is 4.55. The van der Waals surface area contributed by atoms with Crippen LogP contribution in [0.5, 0.6) is 0 Å². The lowest BCUT2D eigenvalue weighted by Crippen LogP contribution is -2.31. The molecule has 0 saturated heterocycles. The summed E-state index contributed by atoms with van der Waals surface area (Å²) in [5.74, 6) is 0.873. The molecule has 1 heterocycles. The molecule has 0 radical (unpaired) electrons. The lowest BCUT2D eigenvalue weighted by Gasteiger charge is -2.05. The number of nitrogens with one attached hydrogen (secondary N) is 2. The van der Waals surface area contributed by atoms with E-state index >= 15 is 0 Å². The normalized spacial score (nSPS) is 12.4. The molecular formula is C9H16N4O. The monoisotopic (exact) mass is 196 g/mol. The Kier molecular flexibility index (Phi) is 4.12. The van der Waals surface area contributed by atoms with Crippen molar-refractivity contribution in [1.29, 1.82) is 0 Å². The Morgan fingerprint density at radius 3 is 3.14 bits per heavy atom. The quantitative estimate of drug-likeness (QED) is 0.610. The molecule has 0 aromatic carbocycles. The van der Waals surface area contributed by atoms with Crippen molar-refractivity contribution in [2.24, 2.45) is 5.73 Å². The first kappa shape index (κ1) is 10.7. The van der Waals surface area contributed by atoms with Crippen LogP contribution in [0.4, 0.5) is 0 Å². The van der Waals surface area contributed by atoms with Crippen LogP contribution in [0.1, 0.15) is 19.2 Å².